The second kappa shape index (κ2) is 6.67. The van der Waals surface area contributed by atoms with Crippen molar-refractivity contribution in [2.45, 2.75) is 13.5 Å². The van der Waals surface area contributed by atoms with E-state index in [-0.39, 0.29) is 0 Å². The largest absolute Gasteiger partial charge is 0.493 e. The van der Waals surface area contributed by atoms with Crippen LogP contribution < -0.4 is 14.8 Å². The molecular formula is C15H24N4O2. The number of imidazole rings is 1. The molecule has 0 aliphatic rings. The first kappa shape index (κ1) is 15.4. The molecule has 6 nitrogen and oxygen atoms in total. The maximum Gasteiger partial charge on any atom is 0.203 e. The number of fused-ring (bicyclic) bond motifs is 1. The minimum Gasteiger partial charge on any atom is -0.493 e. The molecule has 0 spiro atoms. The van der Waals surface area contributed by atoms with Gasteiger partial charge in [0.2, 0.25) is 5.95 Å². The summed E-state index contributed by atoms with van der Waals surface area (Å²) in [7, 11) is 7.42. The third-order valence-electron chi connectivity index (χ3n) is 3.36. The van der Waals surface area contributed by atoms with Crippen LogP contribution in [0.15, 0.2) is 12.1 Å². The molecule has 6 heteroatoms. The molecule has 2 aromatic rings. The average Bonchev–Trinajstić information content (AvgIpc) is 2.80. The number of likely N-dealkylation sites (N-methyl/N-ethyl adjacent to an activating group) is 1. The standard InChI is InChI=1S/C15H24N4O2/c1-6-16-15-17-11-9-13(20-4)14(21-5)10-12(11)19(15)8-7-18(2)3/h9-10H,6-8H2,1-5H3,(H,16,17). The van der Waals surface area contributed by atoms with E-state index in [1.807, 2.05) is 12.1 Å². The Kier molecular flexibility index (Phi) is 4.90. The van der Waals surface area contributed by atoms with Crippen molar-refractivity contribution in [3.8, 4) is 11.5 Å². The molecule has 1 aromatic carbocycles. The van der Waals surface area contributed by atoms with Crippen LogP contribution in [0, 0.1) is 0 Å². The Balaban J connectivity index is 2.52. The van der Waals surface area contributed by atoms with Gasteiger partial charge in [0.25, 0.3) is 0 Å². The lowest BCUT2D eigenvalue weighted by molar-refractivity contribution is 0.355. The molecule has 0 aliphatic carbocycles. The quantitative estimate of drug-likeness (QED) is 0.846. The van der Waals surface area contributed by atoms with E-state index in [9.17, 15) is 0 Å². The lowest BCUT2D eigenvalue weighted by atomic mass is 10.2. The molecule has 21 heavy (non-hydrogen) atoms. The van der Waals surface area contributed by atoms with Gasteiger partial charge in [0, 0.05) is 31.8 Å². The number of ether oxygens (including phenoxy) is 2. The lowest BCUT2D eigenvalue weighted by Gasteiger charge is -2.14. The van der Waals surface area contributed by atoms with E-state index in [1.54, 1.807) is 14.2 Å². The molecule has 1 aromatic heterocycles. The van der Waals surface area contributed by atoms with Crippen molar-refractivity contribution in [3.05, 3.63) is 12.1 Å². The van der Waals surface area contributed by atoms with Gasteiger partial charge >= 0.3 is 0 Å². The Bertz CT molecular complexity index is 607. The molecule has 0 saturated carbocycles. The molecule has 1 N–H and O–H groups in total. The van der Waals surface area contributed by atoms with Gasteiger partial charge in [-0.1, -0.05) is 0 Å². The number of benzene rings is 1. The smallest absolute Gasteiger partial charge is 0.203 e. The first-order valence-electron chi connectivity index (χ1n) is 7.11. The van der Waals surface area contributed by atoms with Crippen LogP contribution in [0.5, 0.6) is 11.5 Å². The molecule has 0 atom stereocenters. The first-order valence-corrected chi connectivity index (χ1v) is 7.11. The van der Waals surface area contributed by atoms with Crippen LogP contribution in [0.25, 0.3) is 11.0 Å². The fourth-order valence-corrected chi connectivity index (χ4v) is 2.27. The summed E-state index contributed by atoms with van der Waals surface area (Å²) < 4.78 is 12.9. The number of methoxy groups -OCH3 is 2. The summed E-state index contributed by atoms with van der Waals surface area (Å²) in [4.78, 5) is 6.82. The van der Waals surface area contributed by atoms with Crippen LogP contribution >= 0.6 is 0 Å². The molecule has 0 fully saturated rings. The van der Waals surface area contributed by atoms with Crippen molar-refractivity contribution in [2.75, 3.05) is 46.7 Å². The lowest BCUT2D eigenvalue weighted by Crippen LogP contribution is -2.19. The van der Waals surface area contributed by atoms with E-state index < -0.39 is 0 Å². The highest BCUT2D eigenvalue weighted by Gasteiger charge is 2.14. The SMILES string of the molecule is CCNc1nc2cc(OC)c(OC)cc2n1CCN(C)C. The molecule has 0 saturated heterocycles. The second-order valence-corrected chi connectivity index (χ2v) is 5.12. The number of rotatable bonds is 7. The van der Waals surface area contributed by atoms with Gasteiger partial charge in [-0.2, -0.15) is 0 Å². The van der Waals surface area contributed by atoms with Crippen LogP contribution in [0.2, 0.25) is 0 Å². The number of aromatic nitrogens is 2. The van der Waals surface area contributed by atoms with E-state index >= 15 is 0 Å². The van der Waals surface area contributed by atoms with Gasteiger partial charge in [-0.15, -0.1) is 0 Å². The van der Waals surface area contributed by atoms with Gasteiger partial charge in [-0.05, 0) is 21.0 Å². The Hall–Kier alpha value is -1.95. The molecule has 0 radical (unpaired) electrons. The van der Waals surface area contributed by atoms with E-state index in [2.05, 4.69) is 40.8 Å². The minimum atomic E-state index is 0.699. The number of nitrogens with one attached hydrogen (secondary N) is 1. The average molecular weight is 292 g/mol. The Morgan fingerprint density at radius 1 is 1.19 bits per heavy atom. The van der Waals surface area contributed by atoms with Gasteiger partial charge in [-0.3, -0.25) is 0 Å². The van der Waals surface area contributed by atoms with Crippen LogP contribution in [-0.4, -0.2) is 55.9 Å². The monoisotopic (exact) mass is 292 g/mol. The predicted molar refractivity (Wildman–Crippen MR) is 85.6 cm³/mol. The van der Waals surface area contributed by atoms with Crippen LogP contribution in [0.1, 0.15) is 6.92 Å². The molecule has 0 unspecified atom stereocenters. The summed E-state index contributed by atoms with van der Waals surface area (Å²) in [6.07, 6.45) is 0. The molecule has 0 amide bonds. The van der Waals surface area contributed by atoms with Crippen molar-refractivity contribution in [3.63, 3.8) is 0 Å². The summed E-state index contributed by atoms with van der Waals surface area (Å²) in [5.74, 6) is 2.30. The summed E-state index contributed by atoms with van der Waals surface area (Å²) in [5.41, 5.74) is 1.95. The van der Waals surface area contributed by atoms with Crippen LogP contribution in [0.4, 0.5) is 5.95 Å². The van der Waals surface area contributed by atoms with Gasteiger partial charge in [0.1, 0.15) is 0 Å². The molecular weight excluding hydrogens is 268 g/mol. The van der Waals surface area contributed by atoms with Gasteiger partial charge in [0.15, 0.2) is 11.5 Å². The molecule has 1 heterocycles. The minimum absolute atomic E-state index is 0.699. The first-order chi connectivity index (χ1) is 10.1. The highest BCUT2D eigenvalue weighted by atomic mass is 16.5. The summed E-state index contributed by atoms with van der Waals surface area (Å²) >= 11 is 0. The fourth-order valence-electron chi connectivity index (χ4n) is 2.27. The van der Waals surface area contributed by atoms with Gasteiger partial charge in [0.05, 0.1) is 25.3 Å². The summed E-state index contributed by atoms with van der Waals surface area (Å²) in [5, 5.41) is 3.32. The number of anilines is 1. The number of nitrogens with zero attached hydrogens (tertiary/aromatic N) is 3. The van der Waals surface area contributed by atoms with Crippen molar-refractivity contribution in [2.24, 2.45) is 0 Å². The zero-order valence-electron chi connectivity index (χ0n) is 13.4. The van der Waals surface area contributed by atoms with Gasteiger partial charge in [-0.25, -0.2) is 4.98 Å². The highest BCUT2D eigenvalue weighted by Crippen LogP contribution is 2.33. The summed E-state index contributed by atoms with van der Waals surface area (Å²) in [6.45, 7) is 4.70. The highest BCUT2D eigenvalue weighted by molar-refractivity contribution is 5.82. The normalized spacial score (nSPS) is 11.1. The summed E-state index contributed by atoms with van der Waals surface area (Å²) in [6, 6.07) is 3.90. The van der Waals surface area contributed by atoms with Crippen molar-refractivity contribution < 1.29 is 9.47 Å². The van der Waals surface area contributed by atoms with E-state index in [4.69, 9.17) is 9.47 Å². The van der Waals surface area contributed by atoms with Crippen molar-refractivity contribution >= 4 is 17.0 Å². The van der Waals surface area contributed by atoms with E-state index in [1.165, 1.54) is 0 Å². The second-order valence-electron chi connectivity index (χ2n) is 5.12. The number of hydrogen-bond acceptors (Lipinski definition) is 5. The maximum atomic E-state index is 5.40. The Morgan fingerprint density at radius 3 is 2.43 bits per heavy atom. The predicted octanol–water partition coefficient (Wildman–Crippen LogP) is 2.05. The molecule has 0 bridgehead atoms. The molecule has 2 rings (SSSR count). The van der Waals surface area contributed by atoms with Crippen molar-refractivity contribution in [1.82, 2.24) is 14.5 Å². The zero-order valence-corrected chi connectivity index (χ0v) is 13.4. The topological polar surface area (TPSA) is 51.6 Å². The zero-order chi connectivity index (χ0) is 15.4. The maximum absolute atomic E-state index is 5.40. The van der Waals surface area contributed by atoms with Crippen LogP contribution in [0.3, 0.4) is 0 Å². The third-order valence-corrected chi connectivity index (χ3v) is 3.36. The number of hydrogen-bond donors (Lipinski definition) is 1. The fraction of sp³-hybridized carbons (Fsp3) is 0.533. The van der Waals surface area contributed by atoms with Crippen molar-refractivity contribution in [1.29, 1.82) is 0 Å². The molecule has 116 valence electrons. The Labute approximate surface area is 125 Å². The van der Waals surface area contributed by atoms with E-state index in [0.29, 0.717) is 5.75 Å². The van der Waals surface area contributed by atoms with Gasteiger partial charge < -0.3 is 24.3 Å². The third kappa shape index (κ3) is 3.21. The van der Waals surface area contributed by atoms with Crippen LogP contribution in [-0.2, 0) is 6.54 Å². The molecule has 0 aliphatic heterocycles. The Morgan fingerprint density at radius 2 is 1.86 bits per heavy atom. The van der Waals surface area contributed by atoms with E-state index in [0.717, 1.165) is 42.4 Å².